The molecule has 0 atom stereocenters. The molecule has 0 heterocycles. The third-order valence-corrected chi connectivity index (χ3v) is 4.40. The fourth-order valence-electron chi connectivity index (χ4n) is 1.85. The zero-order valence-electron chi connectivity index (χ0n) is 11.6. The van der Waals surface area contributed by atoms with Gasteiger partial charge in [0, 0.05) is 16.3 Å². The Labute approximate surface area is 133 Å². The molecule has 0 fully saturated rings. The highest BCUT2D eigenvalue weighted by molar-refractivity contribution is 7.98. The summed E-state index contributed by atoms with van der Waals surface area (Å²) in [5.41, 5.74) is 7.80. The van der Waals surface area contributed by atoms with E-state index >= 15 is 0 Å². The first-order valence-electron chi connectivity index (χ1n) is 6.54. The van der Waals surface area contributed by atoms with Gasteiger partial charge in [-0.25, -0.2) is 4.79 Å². The molecular weight excluding hydrogens is 306 g/mol. The average molecular weight is 322 g/mol. The number of thioether (sulfide) groups is 1. The molecule has 2 N–H and O–H groups in total. The molecule has 0 radical (unpaired) electrons. The predicted octanol–water partition coefficient (Wildman–Crippen LogP) is 4.39. The van der Waals surface area contributed by atoms with E-state index in [1.54, 1.807) is 19.1 Å². The minimum atomic E-state index is -0.401. The Hall–Kier alpha value is -1.65. The molecule has 3 nitrogen and oxygen atoms in total. The SMILES string of the molecule is CCOC(=O)c1cc(N)cc(Cl)c1SCc1ccccc1. The molecule has 0 unspecified atom stereocenters. The van der Waals surface area contributed by atoms with E-state index in [1.165, 1.54) is 11.8 Å². The highest BCUT2D eigenvalue weighted by Crippen LogP contribution is 2.35. The van der Waals surface area contributed by atoms with E-state index < -0.39 is 5.97 Å². The first-order valence-corrected chi connectivity index (χ1v) is 7.91. The van der Waals surface area contributed by atoms with Crippen molar-refractivity contribution in [1.29, 1.82) is 0 Å². The average Bonchev–Trinajstić information content (AvgIpc) is 2.47. The first-order chi connectivity index (χ1) is 10.1. The molecule has 0 aliphatic heterocycles. The van der Waals surface area contributed by atoms with Gasteiger partial charge in [0.1, 0.15) is 0 Å². The van der Waals surface area contributed by atoms with Crippen LogP contribution in [0.5, 0.6) is 0 Å². The first kappa shape index (κ1) is 15.7. The van der Waals surface area contributed by atoms with Gasteiger partial charge < -0.3 is 10.5 Å². The second-order valence-electron chi connectivity index (χ2n) is 4.37. The Morgan fingerprint density at radius 3 is 2.67 bits per heavy atom. The van der Waals surface area contributed by atoms with Crippen LogP contribution in [0.15, 0.2) is 47.4 Å². The molecule has 2 rings (SSSR count). The van der Waals surface area contributed by atoms with E-state index in [0.29, 0.717) is 27.8 Å². The summed E-state index contributed by atoms with van der Waals surface area (Å²) in [7, 11) is 0. The summed E-state index contributed by atoms with van der Waals surface area (Å²) in [6.45, 7) is 2.08. The Balaban J connectivity index is 2.26. The molecule has 0 amide bonds. The molecule has 2 aromatic carbocycles. The maximum Gasteiger partial charge on any atom is 0.339 e. The number of carbonyl (C=O) groups is 1. The van der Waals surface area contributed by atoms with Crippen molar-refractivity contribution in [2.45, 2.75) is 17.6 Å². The maximum absolute atomic E-state index is 12.0. The van der Waals surface area contributed by atoms with Crippen LogP contribution in [-0.2, 0) is 10.5 Å². The second kappa shape index (κ2) is 7.38. The van der Waals surface area contributed by atoms with E-state index in [1.807, 2.05) is 30.3 Å². The van der Waals surface area contributed by atoms with E-state index in [9.17, 15) is 4.79 Å². The van der Waals surface area contributed by atoms with Crippen molar-refractivity contribution in [3.8, 4) is 0 Å². The lowest BCUT2D eigenvalue weighted by atomic mass is 10.2. The molecule has 2 aromatic rings. The minimum absolute atomic E-state index is 0.314. The van der Waals surface area contributed by atoms with Crippen molar-refractivity contribution in [3.05, 3.63) is 58.6 Å². The second-order valence-corrected chi connectivity index (χ2v) is 5.77. The van der Waals surface area contributed by atoms with Gasteiger partial charge in [-0.1, -0.05) is 41.9 Å². The van der Waals surface area contributed by atoms with Crippen LogP contribution in [-0.4, -0.2) is 12.6 Å². The number of esters is 1. The molecule has 0 aromatic heterocycles. The van der Waals surface area contributed by atoms with Crippen LogP contribution in [0.1, 0.15) is 22.8 Å². The minimum Gasteiger partial charge on any atom is -0.462 e. The fourth-order valence-corrected chi connectivity index (χ4v) is 3.24. The molecule has 0 aliphatic rings. The van der Waals surface area contributed by atoms with Gasteiger partial charge >= 0.3 is 5.97 Å². The fraction of sp³-hybridized carbons (Fsp3) is 0.188. The zero-order chi connectivity index (χ0) is 15.2. The van der Waals surface area contributed by atoms with Crippen LogP contribution < -0.4 is 5.73 Å². The lowest BCUT2D eigenvalue weighted by Crippen LogP contribution is -2.07. The van der Waals surface area contributed by atoms with Gasteiger partial charge in [-0.15, -0.1) is 11.8 Å². The highest BCUT2D eigenvalue weighted by Gasteiger charge is 2.17. The molecule has 21 heavy (non-hydrogen) atoms. The van der Waals surface area contributed by atoms with Gasteiger partial charge in [-0.2, -0.15) is 0 Å². The standard InChI is InChI=1S/C16H16ClNO2S/c1-2-20-16(19)13-8-12(18)9-14(17)15(13)21-10-11-6-4-3-5-7-11/h3-9H,2,10,18H2,1H3. The number of anilines is 1. The Kier molecular flexibility index (Phi) is 5.53. The maximum atomic E-state index is 12.0. The summed E-state index contributed by atoms with van der Waals surface area (Å²) < 4.78 is 5.06. The number of nitrogen functional groups attached to an aromatic ring is 1. The summed E-state index contributed by atoms with van der Waals surface area (Å²) in [6, 6.07) is 13.2. The molecule has 0 saturated carbocycles. The molecule has 0 bridgehead atoms. The Bertz CT molecular complexity index is 632. The quantitative estimate of drug-likeness (QED) is 0.504. The number of carbonyl (C=O) groups excluding carboxylic acids is 1. The number of benzene rings is 2. The van der Waals surface area contributed by atoms with E-state index in [0.717, 1.165) is 11.3 Å². The third-order valence-electron chi connectivity index (χ3n) is 2.79. The third kappa shape index (κ3) is 4.16. The van der Waals surface area contributed by atoms with Crippen molar-refractivity contribution < 1.29 is 9.53 Å². The van der Waals surface area contributed by atoms with Crippen molar-refractivity contribution in [3.63, 3.8) is 0 Å². The molecular formula is C16H16ClNO2S. The van der Waals surface area contributed by atoms with Crippen LogP contribution in [0, 0.1) is 0 Å². The summed E-state index contributed by atoms with van der Waals surface area (Å²) in [5.74, 6) is 0.318. The molecule has 5 heteroatoms. The van der Waals surface area contributed by atoms with Gasteiger partial charge in [0.2, 0.25) is 0 Å². The van der Waals surface area contributed by atoms with Crippen LogP contribution in [0.4, 0.5) is 5.69 Å². The Morgan fingerprint density at radius 1 is 1.29 bits per heavy atom. The Morgan fingerprint density at radius 2 is 2.00 bits per heavy atom. The predicted molar refractivity (Wildman–Crippen MR) is 87.8 cm³/mol. The lowest BCUT2D eigenvalue weighted by Gasteiger charge is -2.11. The van der Waals surface area contributed by atoms with Crippen molar-refractivity contribution in [2.75, 3.05) is 12.3 Å². The van der Waals surface area contributed by atoms with Gasteiger partial charge in [0.25, 0.3) is 0 Å². The molecule has 0 saturated heterocycles. The number of hydrogen-bond acceptors (Lipinski definition) is 4. The van der Waals surface area contributed by atoms with Gasteiger partial charge in [0.05, 0.1) is 17.2 Å². The van der Waals surface area contributed by atoms with Crippen molar-refractivity contribution in [2.24, 2.45) is 0 Å². The number of halogens is 1. The van der Waals surface area contributed by atoms with Crippen molar-refractivity contribution in [1.82, 2.24) is 0 Å². The van der Waals surface area contributed by atoms with Crippen LogP contribution in [0.2, 0.25) is 5.02 Å². The molecule has 0 spiro atoms. The summed E-state index contributed by atoms with van der Waals surface area (Å²) in [6.07, 6.45) is 0. The summed E-state index contributed by atoms with van der Waals surface area (Å²) in [5, 5.41) is 0.471. The van der Waals surface area contributed by atoms with E-state index in [2.05, 4.69) is 0 Å². The largest absolute Gasteiger partial charge is 0.462 e. The smallest absolute Gasteiger partial charge is 0.339 e. The lowest BCUT2D eigenvalue weighted by molar-refractivity contribution is 0.0522. The number of nitrogens with two attached hydrogens (primary N) is 1. The molecule has 0 aliphatic carbocycles. The van der Waals surface area contributed by atoms with Crippen LogP contribution in [0.25, 0.3) is 0 Å². The summed E-state index contributed by atoms with van der Waals surface area (Å²) in [4.78, 5) is 12.7. The number of hydrogen-bond donors (Lipinski definition) is 1. The van der Waals surface area contributed by atoms with Crippen molar-refractivity contribution >= 4 is 35.0 Å². The van der Waals surface area contributed by atoms with E-state index in [-0.39, 0.29) is 0 Å². The number of rotatable bonds is 5. The van der Waals surface area contributed by atoms with Gasteiger partial charge in [-0.3, -0.25) is 0 Å². The van der Waals surface area contributed by atoms with Gasteiger partial charge in [-0.05, 0) is 24.6 Å². The molecule has 110 valence electrons. The highest BCUT2D eigenvalue weighted by atomic mass is 35.5. The monoisotopic (exact) mass is 321 g/mol. The topological polar surface area (TPSA) is 52.3 Å². The zero-order valence-corrected chi connectivity index (χ0v) is 13.2. The normalized spacial score (nSPS) is 10.4. The van der Waals surface area contributed by atoms with Crippen LogP contribution >= 0.6 is 23.4 Å². The van der Waals surface area contributed by atoms with Gasteiger partial charge in [0.15, 0.2) is 0 Å². The van der Waals surface area contributed by atoms with E-state index in [4.69, 9.17) is 22.1 Å². The summed E-state index contributed by atoms with van der Waals surface area (Å²) >= 11 is 7.74. The number of ether oxygens (including phenoxy) is 1. The van der Waals surface area contributed by atoms with Crippen LogP contribution in [0.3, 0.4) is 0 Å².